The topological polar surface area (TPSA) is 76.6 Å². The number of fused-ring (bicyclic) bond motifs is 1. The van der Waals surface area contributed by atoms with Gasteiger partial charge in [0.2, 0.25) is 0 Å². The number of nitrogens with zero attached hydrogens (tertiary/aromatic N) is 3. The maximum atomic E-state index is 14.9. The number of alkyl halides is 1. The Morgan fingerprint density at radius 1 is 1.22 bits per heavy atom. The van der Waals surface area contributed by atoms with E-state index in [1.54, 1.807) is 45.3 Å². The Morgan fingerprint density at radius 3 is 2.69 bits per heavy atom. The molecule has 3 heterocycles. The van der Waals surface area contributed by atoms with E-state index >= 15 is 0 Å². The van der Waals surface area contributed by atoms with Gasteiger partial charge in [0.1, 0.15) is 28.9 Å². The third kappa shape index (κ3) is 5.19. The van der Waals surface area contributed by atoms with Gasteiger partial charge in [-0.05, 0) is 62.6 Å². The Hall–Kier alpha value is -3.13. The number of hydrogen-bond acceptors (Lipinski definition) is 6. The molecule has 1 aliphatic rings. The van der Waals surface area contributed by atoms with Gasteiger partial charge in [-0.25, -0.2) is 19.2 Å². The summed E-state index contributed by atoms with van der Waals surface area (Å²) in [7, 11) is 0. The van der Waals surface area contributed by atoms with Crippen LogP contribution in [0.4, 0.5) is 20.7 Å². The molecule has 1 saturated heterocycles. The van der Waals surface area contributed by atoms with Gasteiger partial charge in [-0.1, -0.05) is 11.6 Å². The quantitative estimate of drug-likeness (QED) is 0.518. The Morgan fingerprint density at radius 2 is 2.00 bits per heavy atom. The van der Waals surface area contributed by atoms with Crippen molar-refractivity contribution in [1.29, 1.82) is 0 Å². The summed E-state index contributed by atoms with van der Waals surface area (Å²) in [5, 5.41) is 5.40. The van der Waals surface area contributed by atoms with Crippen LogP contribution >= 0.6 is 11.6 Å². The highest BCUT2D eigenvalue weighted by molar-refractivity contribution is 6.29. The number of aromatic nitrogens is 2. The number of nitrogens with one attached hydrogen (secondary N) is 1. The zero-order chi connectivity index (χ0) is 22.9. The molecule has 2 aromatic heterocycles. The van der Waals surface area contributed by atoms with Gasteiger partial charge < -0.3 is 19.7 Å². The summed E-state index contributed by atoms with van der Waals surface area (Å²) in [6.07, 6.45) is 2.79. The van der Waals surface area contributed by atoms with Crippen LogP contribution in [0.15, 0.2) is 48.8 Å². The molecule has 1 N–H and O–H groups in total. The van der Waals surface area contributed by atoms with E-state index in [-0.39, 0.29) is 19.7 Å². The predicted molar refractivity (Wildman–Crippen MR) is 121 cm³/mol. The molecule has 1 amide bonds. The molecule has 4 rings (SSSR count). The van der Waals surface area contributed by atoms with Crippen LogP contribution in [0.5, 0.6) is 5.75 Å². The molecule has 0 bridgehead atoms. The highest BCUT2D eigenvalue weighted by atomic mass is 35.5. The van der Waals surface area contributed by atoms with Crippen molar-refractivity contribution >= 4 is 40.0 Å². The predicted octanol–water partition coefficient (Wildman–Crippen LogP) is 5.36. The van der Waals surface area contributed by atoms with Crippen molar-refractivity contribution in [3.63, 3.8) is 0 Å². The molecule has 7 nitrogen and oxygen atoms in total. The number of carbonyl (C=O) groups is 1. The summed E-state index contributed by atoms with van der Waals surface area (Å²) < 4.78 is 25.8. The van der Waals surface area contributed by atoms with Crippen LogP contribution in [0.1, 0.15) is 20.8 Å². The monoisotopic (exact) mass is 458 g/mol. The molecule has 1 aliphatic heterocycles. The average Bonchev–Trinajstić information content (AvgIpc) is 2.70. The van der Waals surface area contributed by atoms with Gasteiger partial charge in [0.15, 0.2) is 5.67 Å². The molecule has 168 valence electrons. The minimum absolute atomic E-state index is 0.0530. The second-order valence-corrected chi connectivity index (χ2v) is 9.20. The number of pyridine rings is 2. The van der Waals surface area contributed by atoms with Crippen LogP contribution in [0, 0.1) is 0 Å². The lowest BCUT2D eigenvalue weighted by atomic mass is 9.98. The van der Waals surface area contributed by atoms with Gasteiger partial charge in [-0.15, -0.1) is 0 Å². The number of carbonyl (C=O) groups excluding carboxylic acids is 1. The molecule has 9 heteroatoms. The third-order valence-electron chi connectivity index (χ3n) is 4.82. The zero-order valence-electron chi connectivity index (χ0n) is 18.1. The van der Waals surface area contributed by atoms with Crippen LogP contribution < -0.4 is 10.1 Å². The number of anilines is 2. The third-order valence-corrected chi connectivity index (χ3v) is 5.05. The molecule has 0 spiro atoms. The van der Waals surface area contributed by atoms with Gasteiger partial charge in [0.05, 0.1) is 25.0 Å². The van der Waals surface area contributed by atoms with Gasteiger partial charge in [0, 0.05) is 11.6 Å². The molecule has 0 atom stereocenters. The zero-order valence-corrected chi connectivity index (χ0v) is 18.8. The Labute approximate surface area is 190 Å². The first-order valence-corrected chi connectivity index (χ1v) is 10.6. The minimum atomic E-state index is -1.60. The molecule has 1 fully saturated rings. The Balaban J connectivity index is 1.38. The lowest BCUT2D eigenvalue weighted by molar-refractivity contribution is -0.0685. The van der Waals surface area contributed by atoms with Crippen LogP contribution in [0.2, 0.25) is 5.15 Å². The smallest absolute Gasteiger partial charge is 0.410 e. The second-order valence-electron chi connectivity index (χ2n) is 8.81. The van der Waals surface area contributed by atoms with Crippen LogP contribution in [0.3, 0.4) is 0 Å². The number of likely N-dealkylation sites (tertiary alicyclic amines) is 1. The lowest BCUT2D eigenvalue weighted by Gasteiger charge is -2.43. The molecular formula is C23H24ClFN4O3. The molecule has 1 aromatic carbocycles. The van der Waals surface area contributed by atoms with E-state index in [0.717, 1.165) is 16.5 Å². The van der Waals surface area contributed by atoms with Crippen LogP contribution in [0.25, 0.3) is 10.8 Å². The Kier molecular flexibility index (Phi) is 5.81. The fraction of sp³-hybridized carbons (Fsp3) is 0.348. The molecule has 0 saturated carbocycles. The number of amides is 1. The van der Waals surface area contributed by atoms with E-state index in [0.29, 0.717) is 16.7 Å². The average molecular weight is 459 g/mol. The molecule has 0 aliphatic carbocycles. The van der Waals surface area contributed by atoms with E-state index in [4.69, 9.17) is 21.1 Å². The number of rotatable bonds is 5. The van der Waals surface area contributed by atoms with E-state index in [9.17, 15) is 9.18 Å². The van der Waals surface area contributed by atoms with Gasteiger partial charge in [0.25, 0.3) is 0 Å². The van der Waals surface area contributed by atoms with E-state index in [2.05, 4.69) is 15.3 Å². The number of ether oxygens (including phenoxy) is 2. The van der Waals surface area contributed by atoms with Gasteiger partial charge in [-0.3, -0.25) is 0 Å². The van der Waals surface area contributed by atoms with Crippen molar-refractivity contribution in [2.45, 2.75) is 32.0 Å². The minimum Gasteiger partial charge on any atom is -0.490 e. The first-order valence-electron chi connectivity index (χ1n) is 10.2. The maximum Gasteiger partial charge on any atom is 0.410 e. The van der Waals surface area contributed by atoms with Crippen molar-refractivity contribution < 1.29 is 18.7 Å². The summed E-state index contributed by atoms with van der Waals surface area (Å²) in [5.74, 6) is 1.20. The summed E-state index contributed by atoms with van der Waals surface area (Å²) in [4.78, 5) is 21.8. The fourth-order valence-electron chi connectivity index (χ4n) is 3.33. The summed E-state index contributed by atoms with van der Waals surface area (Å²) in [5.41, 5.74) is -1.45. The lowest BCUT2D eigenvalue weighted by Crippen LogP contribution is -2.64. The SMILES string of the molecule is CC(C)(C)OC(=O)N1CC(F)(COc2ccc3c(Nc4ccc(Cl)nc4)nccc3c2)C1. The van der Waals surface area contributed by atoms with Crippen molar-refractivity contribution in [2.75, 3.05) is 25.0 Å². The first-order chi connectivity index (χ1) is 15.1. The van der Waals surface area contributed by atoms with E-state index in [1.807, 2.05) is 24.3 Å². The number of halogens is 2. The summed E-state index contributed by atoms with van der Waals surface area (Å²) >= 11 is 5.83. The molecular weight excluding hydrogens is 435 g/mol. The number of benzene rings is 1. The van der Waals surface area contributed by atoms with Crippen molar-refractivity contribution in [3.05, 3.63) is 53.9 Å². The van der Waals surface area contributed by atoms with Crippen molar-refractivity contribution in [1.82, 2.24) is 14.9 Å². The van der Waals surface area contributed by atoms with Crippen LogP contribution in [-0.4, -0.2) is 51.9 Å². The second kappa shape index (κ2) is 8.43. The normalized spacial score (nSPS) is 15.2. The summed E-state index contributed by atoms with van der Waals surface area (Å²) in [6, 6.07) is 10.8. The fourth-order valence-corrected chi connectivity index (χ4v) is 3.44. The van der Waals surface area contributed by atoms with E-state index in [1.165, 1.54) is 4.90 Å². The van der Waals surface area contributed by atoms with Gasteiger partial charge >= 0.3 is 6.09 Å². The first kappa shape index (κ1) is 22.1. The van der Waals surface area contributed by atoms with Crippen molar-refractivity contribution in [3.8, 4) is 5.75 Å². The Bertz CT molecular complexity index is 1130. The van der Waals surface area contributed by atoms with Crippen molar-refractivity contribution in [2.24, 2.45) is 0 Å². The highest BCUT2D eigenvalue weighted by Crippen LogP contribution is 2.31. The highest BCUT2D eigenvalue weighted by Gasteiger charge is 2.48. The van der Waals surface area contributed by atoms with Gasteiger partial charge in [-0.2, -0.15) is 0 Å². The molecule has 0 radical (unpaired) electrons. The van der Waals surface area contributed by atoms with Crippen LogP contribution in [-0.2, 0) is 4.74 Å². The van der Waals surface area contributed by atoms with E-state index < -0.39 is 17.4 Å². The summed E-state index contributed by atoms with van der Waals surface area (Å²) in [6.45, 7) is 5.08. The molecule has 32 heavy (non-hydrogen) atoms. The largest absolute Gasteiger partial charge is 0.490 e. The number of hydrogen-bond donors (Lipinski definition) is 1. The maximum absolute atomic E-state index is 14.9. The molecule has 3 aromatic rings. The molecule has 0 unspecified atom stereocenters. The standard InChI is InChI=1S/C23H24ClFN4O3/c1-22(2,3)32-21(30)29-12-23(25,13-29)14-31-17-5-6-18-15(10-17)8-9-26-20(18)28-16-4-7-19(24)27-11-16/h4-11H,12-14H2,1-3H3,(H,26,28).